The monoisotopic (exact) mass is 1190 g/mol. The molecule has 0 N–H and O–H groups in total. The molecule has 0 spiro atoms. The predicted octanol–water partition coefficient (Wildman–Crippen LogP) is 18.6. The van der Waals surface area contributed by atoms with Crippen LogP contribution in [0.2, 0.25) is 0 Å². The molecule has 0 aromatic heterocycles. The van der Waals surface area contributed by atoms with Crippen molar-refractivity contribution in [3.63, 3.8) is 0 Å². The fraction of sp³-hybridized carbons (Fsp3) is 0.0353. The summed E-state index contributed by atoms with van der Waals surface area (Å²) < 4.78 is 7.86. The van der Waals surface area contributed by atoms with Crippen molar-refractivity contribution < 1.29 is 4.74 Å². The Morgan fingerprint density at radius 2 is 0.763 bits per heavy atom. The molecule has 8 heteroatoms. The number of hydrogen-bond acceptors (Lipinski definition) is 6. The molecule has 14 aromatic carbocycles. The fourth-order valence-corrected chi connectivity index (χ4v) is 16.3. The van der Waals surface area contributed by atoms with Crippen LogP contribution in [0, 0.1) is 0 Å². The van der Waals surface area contributed by atoms with Gasteiger partial charge in [-0.25, -0.2) is 0 Å². The molecule has 0 fully saturated rings. The number of ether oxygens (including phenoxy) is 1. The molecule has 1 aliphatic carbocycles. The van der Waals surface area contributed by atoms with E-state index in [-0.39, 0.29) is 13.4 Å². The quantitative estimate of drug-likeness (QED) is 0.134. The number of nitrogens with zero attached hydrogens (tertiary/aromatic N) is 5. The molecular weight excluding hydrogens is 1130 g/mol. The van der Waals surface area contributed by atoms with Gasteiger partial charge in [-0.15, -0.1) is 0 Å². The molecule has 0 atom stereocenters. The highest BCUT2D eigenvalue weighted by Gasteiger charge is 2.51. The van der Waals surface area contributed by atoms with Crippen LogP contribution in [-0.4, -0.2) is 13.4 Å². The van der Waals surface area contributed by atoms with E-state index in [0.717, 1.165) is 102 Å². The molecule has 436 valence electrons. The van der Waals surface area contributed by atoms with Crippen molar-refractivity contribution in [1.29, 1.82) is 0 Å². The summed E-state index contributed by atoms with van der Waals surface area (Å²) in [6.45, 7) is 4.58. The summed E-state index contributed by atoms with van der Waals surface area (Å²) in [4.78, 5) is 12.4. The van der Waals surface area contributed by atoms with Crippen LogP contribution >= 0.6 is 0 Å². The zero-order chi connectivity index (χ0) is 61.5. The molecule has 0 saturated heterocycles. The van der Waals surface area contributed by atoms with E-state index in [1.807, 2.05) is 0 Å². The lowest BCUT2D eigenvalue weighted by Gasteiger charge is -2.47. The topological polar surface area (TPSA) is 25.4 Å². The summed E-state index contributed by atoms with van der Waals surface area (Å²) in [6.07, 6.45) is 0. The molecule has 0 radical (unpaired) electrons. The average Bonchev–Trinajstić information content (AvgIpc) is 1.64. The van der Waals surface area contributed by atoms with Gasteiger partial charge >= 0.3 is 0 Å². The average molecular weight is 1190 g/mol. The van der Waals surface area contributed by atoms with E-state index in [2.05, 4.69) is 360 Å². The lowest BCUT2D eigenvalue weighted by molar-refractivity contribution is 0.493. The van der Waals surface area contributed by atoms with E-state index in [0.29, 0.717) is 0 Å². The number of hydrogen-bond donors (Lipinski definition) is 0. The third-order valence-electron chi connectivity index (χ3n) is 20.1. The maximum Gasteiger partial charge on any atom is 0.256 e. The molecule has 0 unspecified atom stereocenters. The molecule has 4 aliphatic heterocycles. The normalized spacial score (nSPS) is 13.8. The minimum Gasteiger partial charge on any atom is -0.458 e. The molecule has 93 heavy (non-hydrogen) atoms. The van der Waals surface area contributed by atoms with Crippen molar-refractivity contribution in [3.8, 4) is 22.6 Å². The van der Waals surface area contributed by atoms with Crippen LogP contribution in [-0.2, 0) is 5.41 Å². The van der Waals surface area contributed by atoms with Gasteiger partial charge in [-0.3, -0.25) is 0 Å². The Bertz CT molecular complexity index is 5230. The summed E-state index contributed by atoms with van der Waals surface area (Å²) in [7, 11) is 0. The van der Waals surface area contributed by atoms with E-state index in [4.69, 9.17) is 4.74 Å². The maximum atomic E-state index is 7.86. The van der Waals surface area contributed by atoms with E-state index in [9.17, 15) is 0 Å². The lowest BCUT2D eigenvalue weighted by atomic mass is 9.30. The van der Waals surface area contributed by atoms with Gasteiger partial charge in [0.15, 0.2) is 0 Å². The first kappa shape index (κ1) is 53.1. The fourth-order valence-electron chi connectivity index (χ4n) is 16.3. The summed E-state index contributed by atoms with van der Waals surface area (Å²) in [6, 6.07) is 118. The summed E-state index contributed by atoms with van der Waals surface area (Å²) in [5.74, 6) is 1.74. The molecule has 4 heterocycles. The van der Waals surface area contributed by atoms with Crippen molar-refractivity contribution in [2.24, 2.45) is 0 Å². The van der Waals surface area contributed by atoms with Crippen LogP contribution in [0.25, 0.3) is 21.9 Å². The second kappa shape index (κ2) is 20.7. The van der Waals surface area contributed by atoms with E-state index in [1.54, 1.807) is 0 Å². The van der Waals surface area contributed by atoms with Gasteiger partial charge in [0.2, 0.25) is 0 Å². The zero-order valence-electron chi connectivity index (χ0n) is 51.4. The van der Waals surface area contributed by atoms with Gasteiger partial charge in [0.05, 0.1) is 0 Å². The van der Waals surface area contributed by atoms with Gasteiger partial charge in [-0.1, -0.05) is 190 Å². The van der Waals surface area contributed by atoms with Crippen molar-refractivity contribution in [2.45, 2.75) is 19.3 Å². The maximum absolute atomic E-state index is 7.86. The second-order valence-electron chi connectivity index (χ2n) is 25.5. The third kappa shape index (κ3) is 7.98. The zero-order valence-corrected chi connectivity index (χ0v) is 51.4. The van der Waals surface area contributed by atoms with Gasteiger partial charge in [0.25, 0.3) is 13.4 Å². The Kier molecular flexibility index (Phi) is 11.8. The molecule has 14 aromatic rings. The first-order chi connectivity index (χ1) is 45.9. The largest absolute Gasteiger partial charge is 0.458 e. The molecule has 0 bridgehead atoms. The molecule has 5 aliphatic rings. The summed E-state index contributed by atoms with van der Waals surface area (Å²) >= 11 is 0. The molecule has 0 saturated carbocycles. The van der Waals surface area contributed by atoms with Gasteiger partial charge in [0.1, 0.15) is 11.5 Å². The predicted molar refractivity (Wildman–Crippen MR) is 391 cm³/mol. The van der Waals surface area contributed by atoms with Crippen molar-refractivity contribution >= 4 is 142 Å². The van der Waals surface area contributed by atoms with Gasteiger partial charge < -0.3 is 29.2 Å². The van der Waals surface area contributed by atoms with Gasteiger partial charge in [-0.05, 0) is 200 Å². The number of benzene rings is 14. The number of rotatable bonds is 9. The first-order valence-electron chi connectivity index (χ1n) is 32.3. The Labute approximate surface area is 542 Å². The molecule has 0 amide bonds. The van der Waals surface area contributed by atoms with Crippen LogP contribution in [0.15, 0.2) is 322 Å². The van der Waals surface area contributed by atoms with Crippen molar-refractivity contribution in [2.75, 3.05) is 24.5 Å². The van der Waals surface area contributed by atoms with Crippen molar-refractivity contribution in [3.05, 3.63) is 333 Å². The highest BCUT2D eigenvalue weighted by atomic mass is 16.5. The van der Waals surface area contributed by atoms with E-state index in [1.165, 1.54) is 60.9 Å². The molecule has 19 rings (SSSR count). The smallest absolute Gasteiger partial charge is 0.256 e. The Hall–Kier alpha value is -11.7. The Morgan fingerprint density at radius 3 is 1.31 bits per heavy atom. The van der Waals surface area contributed by atoms with Crippen LogP contribution in [0.3, 0.4) is 0 Å². The first-order valence-corrected chi connectivity index (χ1v) is 32.3. The molecular formula is C85H59B2N5O. The Morgan fingerprint density at radius 1 is 0.323 bits per heavy atom. The van der Waals surface area contributed by atoms with Crippen LogP contribution < -0.4 is 62.0 Å². The van der Waals surface area contributed by atoms with Crippen molar-refractivity contribution in [1.82, 2.24) is 0 Å². The summed E-state index contributed by atoms with van der Waals surface area (Å²) in [5.41, 5.74) is 28.8. The van der Waals surface area contributed by atoms with E-state index < -0.39 is 5.41 Å². The number of para-hydroxylation sites is 9. The highest BCUT2D eigenvalue weighted by Crippen LogP contribution is 2.59. The van der Waals surface area contributed by atoms with Gasteiger partial charge in [0, 0.05) is 102 Å². The summed E-state index contributed by atoms with van der Waals surface area (Å²) in [5, 5.41) is 2.15. The number of fused-ring (bicyclic) bond motifs is 14. The van der Waals surface area contributed by atoms with Gasteiger partial charge in [-0.2, -0.15) is 0 Å². The minimum absolute atomic E-state index is 0.161. The lowest BCUT2D eigenvalue weighted by Crippen LogP contribution is -2.64. The van der Waals surface area contributed by atoms with Crippen LogP contribution in [0.5, 0.6) is 11.5 Å². The van der Waals surface area contributed by atoms with E-state index >= 15 is 0 Å². The van der Waals surface area contributed by atoms with Crippen LogP contribution in [0.1, 0.15) is 25.0 Å². The highest BCUT2D eigenvalue weighted by molar-refractivity contribution is 7.02. The molecule has 6 nitrogen and oxygen atoms in total. The van der Waals surface area contributed by atoms with Crippen LogP contribution in [0.4, 0.5) is 85.3 Å². The second-order valence-corrected chi connectivity index (χ2v) is 25.5. The number of anilines is 15. The Balaban J connectivity index is 0.869. The minimum atomic E-state index is -0.447. The standard InChI is InChI=1S/C85H59B2N5O/c1-85(2)69-52-65(89(59-32-14-5-15-33-59)60-34-16-6-17-35-60)47-49-67(69)68-53-78-81-83(80(68)85)92(63-40-22-9-23-41-63)75-45-27-25-43-71(75)86(81)72-54-73-79(55-76(72)91(78)62-38-20-8-21-39-62)93-84-66-48-46-64(88(57-28-10-3-11-29-57)58-30-12-4-13-31-58)50-56(66)51-77-82(84)87(73)70-42-24-26-44-74(70)90(77)61-36-18-7-19-37-61/h3-55H,1-2H3. The SMILES string of the molecule is CC1(C)c2cc(N(c3ccccc3)c3ccccc3)ccc2-c2cc3c4c(c21)N(c1ccccc1)c1ccccc1B4c1cc2c(cc1N3c1ccccc1)Oc1c3c(cc4cc(N(c5ccccc5)c5ccccc5)ccc14)N(c1ccccc1)c1ccccc1B23. The third-order valence-corrected chi connectivity index (χ3v) is 20.1.